The van der Waals surface area contributed by atoms with Crippen molar-refractivity contribution in [2.24, 2.45) is 0 Å². The Morgan fingerprint density at radius 2 is 2.12 bits per heavy atom. The molecule has 0 fully saturated rings. The number of methoxy groups -OCH3 is 1. The molecule has 0 spiro atoms. The van der Waals surface area contributed by atoms with Gasteiger partial charge in [-0.2, -0.15) is 0 Å². The molecular formula is C18H22N2O3S. The van der Waals surface area contributed by atoms with E-state index >= 15 is 0 Å². The summed E-state index contributed by atoms with van der Waals surface area (Å²) in [5, 5.41) is 3.38. The summed E-state index contributed by atoms with van der Waals surface area (Å²) < 4.78 is 10.9. The van der Waals surface area contributed by atoms with Crippen molar-refractivity contribution in [1.82, 2.24) is 4.98 Å². The molecule has 24 heavy (non-hydrogen) atoms. The highest BCUT2D eigenvalue weighted by molar-refractivity contribution is 7.15. The van der Waals surface area contributed by atoms with Crippen LogP contribution in [0.5, 0.6) is 11.5 Å². The molecule has 2 rings (SSSR count). The lowest BCUT2D eigenvalue weighted by molar-refractivity contribution is -0.111. The first kappa shape index (κ1) is 18.0. The monoisotopic (exact) mass is 346 g/mol. The normalized spacial score (nSPS) is 10.8. The Balaban J connectivity index is 2.03. The molecule has 0 aliphatic heterocycles. The molecule has 6 heteroatoms. The Bertz CT molecular complexity index is 718. The van der Waals surface area contributed by atoms with E-state index in [1.54, 1.807) is 13.2 Å². The quantitative estimate of drug-likeness (QED) is 0.763. The highest BCUT2D eigenvalue weighted by Gasteiger charge is 2.07. The van der Waals surface area contributed by atoms with E-state index in [4.69, 9.17) is 9.47 Å². The van der Waals surface area contributed by atoms with Crippen LogP contribution in [0.4, 0.5) is 5.13 Å². The summed E-state index contributed by atoms with van der Waals surface area (Å²) in [6.07, 6.45) is 4.14. The maximum absolute atomic E-state index is 12.0. The lowest BCUT2D eigenvalue weighted by atomic mass is 10.2. The first-order chi connectivity index (χ1) is 11.5. The second kappa shape index (κ2) is 8.49. The third-order valence-electron chi connectivity index (χ3n) is 3.34. The van der Waals surface area contributed by atoms with Crippen LogP contribution in [0.15, 0.2) is 24.3 Å². The van der Waals surface area contributed by atoms with Gasteiger partial charge in [-0.15, -0.1) is 11.3 Å². The molecule has 0 atom stereocenters. The topological polar surface area (TPSA) is 60.5 Å². The van der Waals surface area contributed by atoms with E-state index < -0.39 is 0 Å². The van der Waals surface area contributed by atoms with Gasteiger partial charge in [0.25, 0.3) is 0 Å². The second-order valence-electron chi connectivity index (χ2n) is 5.24. The molecule has 5 nitrogen and oxygen atoms in total. The van der Waals surface area contributed by atoms with Gasteiger partial charge in [-0.25, -0.2) is 4.98 Å². The number of nitrogens with zero attached hydrogens (tertiary/aromatic N) is 1. The predicted octanol–water partition coefficient (Wildman–Crippen LogP) is 4.21. The molecule has 0 radical (unpaired) electrons. The number of thiazole rings is 1. The number of benzene rings is 1. The van der Waals surface area contributed by atoms with Crippen LogP contribution in [0.3, 0.4) is 0 Å². The summed E-state index contributed by atoms with van der Waals surface area (Å²) in [5.74, 6) is 1.14. The van der Waals surface area contributed by atoms with Gasteiger partial charge in [0.1, 0.15) is 0 Å². The summed E-state index contributed by atoms with van der Waals surface area (Å²) in [4.78, 5) is 17.4. The molecule has 0 saturated heterocycles. The van der Waals surface area contributed by atoms with Crippen LogP contribution >= 0.6 is 11.3 Å². The van der Waals surface area contributed by atoms with E-state index in [0.29, 0.717) is 23.2 Å². The number of anilines is 1. The maximum atomic E-state index is 12.0. The minimum absolute atomic E-state index is 0.214. The van der Waals surface area contributed by atoms with Crippen molar-refractivity contribution in [3.05, 3.63) is 40.4 Å². The van der Waals surface area contributed by atoms with E-state index in [0.717, 1.165) is 22.6 Å². The molecule has 0 aliphatic rings. The number of aromatic nitrogens is 1. The number of carbonyl (C=O) groups excluding carboxylic acids is 1. The van der Waals surface area contributed by atoms with Crippen LogP contribution in [-0.2, 0) is 4.79 Å². The van der Waals surface area contributed by atoms with Crippen LogP contribution < -0.4 is 14.8 Å². The fourth-order valence-corrected chi connectivity index (χ4v) is 2.78. The molecule has 0 aliphatic carbocycles. The summed E-state index contributed by atoms with van der Waals surface area (Å²) in [7, 11) is 1.60. The molecular weight excluding hydrogens is 324 g/mol. The van der Waals surface area contributed by atoms with Gasteiger partial charge >= 0.3 is 0 Å². The van der Waals surface area contributed by atoms with Crippen molar-refractivity contribution in [1.29, 1.82) is 0 Å². The zero-order valence-electron chi connectivity index (χ0n) is 14.4. The predicted molar refractivity (Wildman–Crippen MR) is 98.0 cm³/mol. The largest absolute Gasteiger partial charge is 0.493 e. The Morgan fingerprint density at radius 1 is 1.33 bits per heavy atom. The van der Waals surface area contributed by atoms with Crippen molar-refractivity contribution in [3.8, 4) is 11.5 Å². The van der Waals surface area contributed by atoms with E-state index in [1.165, 1.54) is 17.4 Å². The van der Waals surface area contributed by atoms with Gasteiger partial charge in [-0.1, -0.05) is 13.0 Å². The minimum atomic E-state index is -0.214. The Hall–Kier alpha value is -2.34. The third-order valence-corrected chi connectivity index (χ3v) is 4.32. The summed E-state index contributed by atoms with van der Waals surface area (Å²) in [6.45, 7) is 6.59. The highest BCUT2D eigenvalue weighted by atomic mass is 32.1. The summed E-state index contributed by atoms with van der Waals surface area (Å²) in [5.41, 5.74) is 1.80. The molecule has 1 N–H and O–H groups in total. The number of rotatable bonds is 7. The first-order valence-corrected chi connectivity index (χ1v) is 8.59. The zero-order chi connectivity index (χ0) is 17.5. The van der Waals surface area contributed by atoms with Crippen LogP contribution in [0.2, 0.25) is 0 Å². The Labute approximate surface area is 146 Å². The fourth-order valence-electron chi connectivity index (χ4n) is 1.96. The second-order valence-corrected chi connectivity index (χ2v) is 6.45. The lowest BCUT2D eigenvalue weighted by Crippen LogP contribution is -2.07. The molecule has 1 aromatic heterocycles. The van der Waals surface area contributed by atoms with Crippen molar-refractivity contribution in [2.75, 3.05) is 19.0 Å². The number of hydrogen-bond acceptors (Lipinski definition) is 5. The van der Waals surface area contributed by atoms with Gasteiger partial charge in [0.15, 0.2) is 16.6 Å². The highest BCUT2D eigenvalue weighted by Crippen LogP contribution is 2.28. The zero-order valence-corrected chi connectivity index (χ0v) is 15.2. The number of aryl methyl sites for hydroxylation is 2. The minimum Gasteiger partial charge on any atom is -0.493 e. The Kier molecular flexibility index (Phi) is 6.37. The van der Waals surface area contributed by atoms with Crippen LogP contribution in [0, 0.1) is 13.8 Å². The molecule has 0 saturated carbocycles. The molecule has 128 valence electrons. The number of carbonyl (C=O) groups is 1. The number of nitrogens with one attached hydrogen (secondary N) is 1. The molecule has 1 aromatic carbocycles. The number of hydrogen-bond donors (Lipinski definition) is 1. The smallest absolute Gasteiger partial charge is 0.250 e. The molecule has 1 heterocycles. The molecule has 1 amide bonds. The van der Waals surface area contributed by atoms with Crippen LogP contribution in [0.1, 0.15) is 29.5 Å². The van der Waals surface area contributed by atoms with E-state index in [-0.39, 0.29) is 5.91 Å². The van der Waals surface area contributed by atoms with Crippen LogP contribution in [-0.4, -0.2) is 24.6 Å². The van der Waals surface area contributed by atoms with Crippen molar-refractivity contribution in [2.45, 2.75) is 27.2 Å². The third kappa shape index (κ3) is 4.83. The van der Waals surface area contributed by atoms with Gasteiger partial charge in [0.05, 0.1) is 19.4 Å². The summed E-state index contributed by atoms with van der Waals surface area (Å²) >= 11 is 1.47. The lowest BCUT2D eigenvalue weighted by Gasteiger charge is -2.10. The maximum Gasteiger partial charge on any atom is 0.250 e. The Morgan fingerprint density at radius 3 is 2.75 bits per heavy atom. The van der Waals surface area contributed by atoms with Crippen molar-refractivity contribution >= 4 is 28.5 Å². The van der Waals surface area contributed by atoms with Gasteiger partial charge < -0.3 is 9.47 Å². The summed E-state index contributed by atoms with van der Waals surface area (Å²) in [6, 6.07) is 5.57. The van der Waals surface area contributed by atoms with E-state index in [2.05, 4.69) is 10.3 Å². The van der Waals surface area contributed by atoms with E-state index in [1.807, 2.05) is 39.0 Å². The van der Waals surface area contributed by atoms with Gasteiger partial charge in [0, 0.05) is 11.0 Å². The molecule has 0 unspecified atom stereocenters. The van der Waals surface area contributed by atoms with Crippen LogP contribution in [0.25, 0.3) is 6.08 Å². The SMILES string of the molecule is CCCOc1ccc(/C=C/C(=O)Nc2nc(C)c(C)s2)cc1OC. The van der Waals surface area contributed by atoms with Gasteiger partial charge in [0.2, 0.25) is 5.91 Å². The van der Waals surface area contributed by atoms with Crippen molar-refractivity contribution < 1.29 is 14.3 Å². The number of ether oxygens (including phenoxy) is 2. The molecule has 0 bridgehead atoms. The first-order valence-electron chi connectivity index (χ1n) is 7.77. The fraction of sp³-hybridized carbons (Fsp3) is 0.333. The molecule has 2 aromatic rings. The van der Waals surface area contributed by atoms with Gasteiger partial charge in [-0.3, -0.25) is 10.1 Å². The van der Waals surface area contributed by atoms with Crippen molar-refractivity contribution in [3.63, 3.8) is 0 Å². The number of amides is 1. The average Bonchev–Trinajstić information content (AvgIpc) is 2.88. The van der Waals surface area contributed by atoms with E-state index in [9.17, 15) is 4.79 Å². The average molecular weight is 346 g/mol. The van der Waals surface area contributed by atoms with Gasteiger partial charge in [-0.05, 0) is 44.0 Å². The standard InChI is InChI=1S/C18H22N2O3S/c1-5-10-23-15-8-6-14(11-16(15)22-4)7-9-17(21)20-18-19-12(2)13(3)24-18/h6-9,11H,5,10H2,1-4H3,(H,19,20,21)/b9-7+.